The highest BCUT2D eigenvalue weighted by molar-refractivity contribution is 7.92. The quantitative estimate of drug-likeness (QED) is 0.802. The number of ether oxygens (including phenoxy) is 1. The van der Waals surface area contributed by atoms with Crippen LogP contribution in [0.15, 0.2) is 42.5 Å². The number of hydrogen-bond acceptors (Lipinski definition) is 4. The first kappa shape index (κ1) is 20.3. The second-order valence-corrected chi connectivity index (χ2v) is 8.36. The number of carbonyl (C=O) groups is 1. The van der Waals surface area contributed by atoms with E-state index < -0.39 is 38.8 Å². The molecule has 0 saturated carbocycles. The van der Waals surface area contributed by atoms with E-state index in [4.69, 9.17) is 16.3 Å². The van der Waals surface area contributed by atoms with E-state index in [0.29, 0.717) is 6.07 Å². The van der Waals surface area contributed by atoms with Crippen LogP contribution in [-0.2, 0) is 21.0 Å². The summed E-state index contributed by atoms with van der Waals surface area (Å²) in [5, 5.41) is 1.81. The molecule has 0 spiro atoms. The van der Waals surface area contributed by atoms with E-state index in [9.17, 15) is 26.4 Å². The zero-order valence-corrected chi connectivity index (χ0v) is 15.9. The van der Waals surface area contributed by atoms with Crippen LogP contribution in [-0.4, -0.2) is 33.2 Å². The molecule has 1 aliphatic rings. The summed E-state index contributed by atoms with van der Waals surface area (Å²) >= 11 is 5.56. The minimum atomic E-state index is -4.69. The van der Waals surface area contributed by atoms with E-state index in [-0.39, 0.29) is 23.7 Å². The Morgan fingerprint density at radius 2 is 1.93 bits per heavy atom. The van der Waals surface area contributed by atoms with Gasteiger partial charge in [-0.3, -0.25) is 9.10 Å². The van der Waals surface area contributed by atoms with Crippen molar-refractivity contribution in [3.8, 4) is 5.75 Å². The normalized spacial score (nSPS) is 16.9. The molecule has 0 fully saturated rings. The van der Waals surface area contributed by atoms with Crippen molar-refractivity contribution >= 4 is 38.9 Å². The zero-order valence-electron chi connectivity index (χ0n) is 14.3. The van der Waals surface area contributed by atoms with Gasteiger partial charge in [0.15, 0.2) is 6.10 Å². The molecule has 11 heteroatoms. The molecule has 0 radical (unpaired) electrons. The number of amides is 1. The highest BCUT2D eigenvalue weighted by Crippen LogP contribution is 2.37. The van der Waals surface area contributed by atoms with Crippen molar-refractivity contribution < 1.29 is 31.1 Å². The van der Waals surface area contributed by atoms with E-state index in [0.717, 1.165) is 16.6 Å². The SMILES string of the molecule is CS(=O)(=O)N1C[C@@H](C(=O)Nc2ccc(Cl)c(C(F)(F)F)c2)Oc2ccccc21. The molecular formula is C17H14ClF3N2O4S. The van der Waals surface area contributed by atoms with Gasteiger partial charge >= 0.3 is 6.18 Å². The van der Waals surface area contributed by atoms with Crippen LogP contribution in [0.5, 0.6) is 5.75 Å². The molecule has 1 aliphatic heterocycles. The molecule has 6 nitrogen and oxygen atoms in total. The van der Waals surface area contributed by atoms with E-state index in [1.165, 1.54) is 18.2 Å². The Bertz CT molecular complexity index is 1030. The van der Waals surface area contributed by atoms with Gasteiger partial charge in [0.25, 0.3) is 5.91 Å². The zero-order chi connectivity index (χ0) is 20.7. The van der Waals surface area contributed by atoms with Gasteiger partial charge in [-0.25, -0.2) is 8.42 Å². The fourth-order valence-corrected chi connectivity index (χ4v) is 3.83. The molecule has 0 unspecified atom stereocenters. The van der Waals surface area contributed by atoms with Crippen molar-refractivity contribution in [2.75, 3.05) is 22.4 Å². The number of sulfonamides is 1. The van der Waals surface area contributed by atoms with Crippen molar-refractivity contribution in [3.63, 3.8) is 0 Å². The van der Waals surface area contributed by atoms with Crippen LogP contribution in [0.4, 0.5) is 24.5 Å². The molecule has 150 valence electrons. The Morgan fingerprint density at radius 3 is 2.57 bits per heavy atom. The van der Waals surface area contributed by atoms with E-state index in [1.54, 1.807) is 12.1 Å². The lowest BCUT2D eigenvalue weighted by Gasteiger charge is -2.33. The first-order valence-electron chi connectivity index (χ1n) is 7.88. The van der Waals surface area contributed by atoms with Gasteiger partial charge in [-0.2, -0.15) is 13.2 Å². The number of nitrogens with one attached hydrogen (secondary N) is 1. The highest BCUT2D eigenvalue weighted by Gasteiger charge is 2.36. The van der Waals surface area contributed by atoms with Gasteiger partial charge in [0.2, 0.25) is 10.0 Å². The molecule has 2 aromatic rings. The van der Waals surface area contributed by atoms with Gasteiger partial charge in [-0.15, -0.1) is 0 Å². The van der Waals surface area contributed by atoms with Crippen LogP contribution in [0.2, 0.25) is 5.02 Å². The van der Waals surface area contributed by atoms with Crippen LogP contribution in [0.1, 0.15) is 5.56 Å². The molecule has 0 saturated heterocycles. The number of nitrogens with zero attached hydrogens (tertiary/aromatic N) is 1. The van der Waals surface area contributed by atoms with E-state index in [1.807, 2.05) is 0 Å². The Hall–Kier alpha value is -2.46. The summed E-state index contributed by atoms with van der Waals surface area (Å²) in [6.45, 7) is -0.318. The van der Waals surface area contributed by atoms with Crippen LogP contribution >= 0.6 is 11.6 Å². The van der Waals surface area contributed by atoms with Crippen LogP contribution in [0.25, 0.3) is 0 Å². The van der Waals surface area contributed by atoms with Crippen LogP contribution < -0.4 is 14.4 Å². The number of hydrogen-bond donors (Lipinski definition) is 1. The monoisotopic (exact) mass is 434 g/mol. The average Bonchev–Trinajstić information content (AvgIpc) is 2.60. The summed E-state index contributed by atoms with van der Waals surface area (Å²) in [5.74, 6) is -0.620. The standard InChI is InChI=1S/C17H14ClF3N2O4S/c1-28(25,26)23-9-15(27-14-5-3-2-4-13(14)23)16(24)22-10-6-7-12(18)11(8-10)17(19,20)21/h2-8,15H,9H2,1H3,(H,22,24)/t15-/m0/s1. The Labute approximate surface area is 163 Å². The summed E-state index contributed by atoms with van der Waals surface area (Å²) in [5.41, 5.74) is -0.963. The fraction of sp³-hybridized carbons (Fsp3) is 0.235. The second-order valence-electron chi connectivity index (χ2n) is 6.05. The summed E-state index contributed by atoms with van der Waals surface area (Å²) in [4.78, 5) is 12.5. The Kier molecular flexibility index (Phi) is 5.20. The molecule has 1 atom stereocenters. The molecule has 1 N–H and O–H groups in total. The number of para-hydroxylation sites is 2. The maximum absolute atomic E-state index is 13.0. The van der Waals surface area contributed by atoms with E-state index >= 15 is 0 Å². The third-order valence-electron chi connectivity index (χ3n) is 3.97. The lowest BCUT2D eigenvalue weighted by atomic mass is 10.1. The maximum Gasteiger partial charge on any atom is 0.417 e. The predicted molar refractivity (Wildman–Crippen MR) is 98.1 cm³/mol. The molecule has 2 aromatic carbocycles. The molecule has 0 aliphatic carbocycles. The third kappa shape index (κ3) is 4.17. The molecule has 1 amide bonds. The summed E-state index contributed by atoms with van der Waals surface area (Å²) in [6, 6.07) is 9.17. The first-order chi connectivity index (χ1) is 13.0. The van der Waals surface area contributed by atoms with Gasteiger partial charge in [-0.1, -0.05) is 23.7 Å². The summed E-state index contributed by atoms with van der Waals surface area (Å²) in [6.07, 6.45) is -4.96. The van der Waals surface area contributed by atoms with Gasteiger partial charge < -0.3 is 10.1 Å². The Balaban J connectivity index is 1.86. The lowest BCUT2D eigenvalue weighted by Crippen LogP contribution is -2.48. The maximum atomic E-state index is 13.0. The van der Waals surface area contributed by atoms with Crippen molar-refractivity contribution in [2.45, 2.75) is 12.3 Å². The number of anilines is 2. The number of rotatable bonds is 3. The summed E-state index contributed by atoms with van der Waals surface area (Å²) < 4.78 is 69.6. The third-order valence-corrected chi connectivity index (χ3v) is 5.44. The molecule has 3 rings (SSSR count). The number of alkyl halides is 3. The van der Waals surface area contributed by atoms with Gasteiger partial charge in [0, 0.05) is 5.69 Å². The fourth-order valence-electron chi connectivity index (χ4n) is 2.70. The van der Waals surface area contributed by atoms with Crippen molar-refractivity contribution in [3.05, 3.63) is 53.1 Å². The number of carbonyl (C=O) groups excluding carboxylic acids is 1. The molecule has 0 aromatic heterocycles. The highest BCUT2D eigenvalue weighted by atomic mass is 35.5. The van der Waals surface area contributed by atoms with Gasteiger partial charge in [0.05, 0.1) is 29.1 Å². The minimum Gasteiger partial charge on any atom is -0.476 e. The van der Waals surface area contributed by atoms with Gasteiger partial charge in [-0.05, 0) is 30.3 Å². The second kappa shape index (κ2) is 7.17. The lowest BCUT2D eigenvalue weighted by molar-refractivity contribution is -0.137. The predicted octanol–water partition coefficient (Wildman–Crippen LogP) is 3.52. The topological polar surface area (TPSA) is 75.7 Å². The largest absolute Gasteiger partial charge is 0.476 e. The van der Waals surface area contributed by atoms with Crippen molar-refractivity contribution in [1.82, 2.24) is 0 Å². The number of fused-ring (bicyclic) bond motifs is 1. The van der Waals surface area contributed by atoms with Crippen molar-refractivity contribution in [1.29, 1.82) is 0 Å². The Morgan fingerprint density at radius 1 is 1.25 bits per heavy atom. The molecule has 0 bridgehead atoms. The molecule has 1 heterocycles. The van der Waals surface area contributed by atoms with Crippen LogP contribution in [0.3, 0.4) is 0 Å². The van der Waals surface area contributed by atoms with Crippen LogP contribution in [0, 0.1) is 0 Å². The molecular weight excluding hydrogens is 421 g/mol. The number of benzene rings is 2. The first-order valence-corrected chi connectivity index (χ1v) is 10.1. The summed E-state index contributed by atoms with van der Waals surface area (Å²) in [7, 11) is -3.70. The molecule has 28 heavy (non-hydrogen) atoms. The van der Waals surface area contributed by atoms with Crippen molar-refractivity contribution in [2.24, 2.45) is 0 Å². The van der Waals surface area contributed by atoms with E-state index in [2.05, 4.69) is 5.32 Å². The smallest absolute Gasteiger partial charge is 0.417 e. The van der Waals surface area contributed by atoms with Gasteiger partial charge in [0.1, 0.15) is 5.75 Å². The minimum absolute atomic E-state index is 0.143. The number of halogens is 4. The average molecular weight is 435 g/mol.